The van der Waals surface area contributed by atoms with Gasteiger partial charge in [0.05, 0.1) is 0 Å². The van der Waals surface area contributed by atoms with Crippen LogP contribution in [0.15, 0.2) is 18.2 Å². The largest absolute Gasteiger partial charge is 0.344 e. The van der Waals surface area contributed by atoms with Crippen LogP contribution in [0.4, 0.5) is 11.4 Å². The molecule has 0 spiro atoms. The first kappa shape index (κ1) is 15.6. The molecule has 112 valence electrons. The lowest BCUT2D eigenvalue weighted by molar-refractivity contribution is 1.12. The lowest BCUT2D eigenvalue weighted by atomic mass is 9.96. The topological polar surface area (TPSA) is 3.24 Å². The van der Waals surface area contributed by atoms with Crippen molar-refractivity contribution in [1.29, 1.82) is 0 Å². The second kappa shape index (κ2) is 5.55. The van der Waals surface area contributed by atoms with Crippen molar-refractivity contribution in [3.63, 3.8) is 0 Å². The predicted octanol–water partition coefficient (Wildman–Crippen LogP) is 5.61. The quantitative estimate of drug-likeness (QED) is 0.691. The summed E-state index contributed by atoms with van der Waals surface area (Å²) in [7, 11) is 2.17. The van der Waals surface area contributed by atoms with Crippen LogP contribution in [0.3, 0.4) is 0 Å². The molecule has 0 unspecified atom stereocenters. The minimum absolute atomic E-state index is 1.27. The molecule has 1 nitrogen and oxygen atoms in total. The summed E-state index contributed by atoms with van der Waals surface area (Å²) < 4.78 is 0. The second-order valence-electron chi connectivity index (χ2n) is 6.35. The van der Waals surface area contributed by atoms with Crippen LogP contribution in [-0.2, 0) is 0 Å². The first-order valence-corrected chi connectivity index (χ1v) is 7.63. The van der Waals surface area contributed by atoms with E-state index in [2.05, 4.69) is 78.6 Å². The summed E-state index contributed by atoms with van der Waals surface area (Å²) in [5.74, 6) is 0. The van der Waals surface area contributed by atoms with E-state index in [0.717, 1.165) is 0 Å². The van der Waals surface area contributed by atoms with E-state index < -0.39 is 0 Å². The van der Waals surface area contributed by atoms with E-state index in [1.807, 2.05) is 0 Å². The maximum atomic E-state index is 2.31. The van der Waals surface area contributed by atoms with Crippen molar-refractivity contribution in [3.8, 4) is 0 Å². The molecule has 0 bridgehead atoms. The van der Waals surface area contributed by atoms with Gasteiger partial charge < -0.3 is 4.90 Å². The number of rotatable bonds is 2. The molecule has 0 atom stereocenters. The van der Waals surface area contributed by atoms with Gasteiger partial charge in [0.1, 0.15) is 0 Å². The van der Waals surface area contributed by atoms with E-state index >= 15 is 0 Å². The Kier molecular flexibility index (Phi) is 4.13. The number of benzene rings is 2. The summed E-state index contributed by atoms with van der Waals surface area (Å²) in [6.45, 7) is 15.4. The second-order valence-corrected chi connectivity index (χ2v) is 6.35. The Labute approximate surface area is 129 Å². The van der Waals surface area contributed by atoms with E-state index in [0.29, 0.717) is 0 Å². The highest BCUT2D eigenvalue weighted by molar-refractivity contribution is 5.70. The van der Waals surface area contributed by atoms with Crippen LogP contribution in [0.2, 0.25) is 0 Å². The summed E-state index contributed by atoms with van der Waals surface area (Å²) in [5.41, 5.74) is 12.2. The van der Waals surface area contributed by atoms with Crippen LogP contribution in [0.1, 0.15) is 38.9 Å². The highest BCUT2D eigenvalue weighted by Crippen LogP contribution is 2.33. The van der Waals surface area contributed by atoms with Crippen molar-refractivity contribution in [2.24, 2.45) is 0 Å². The fraction of sp³-hybridized carbons (Fsp3) is 0.400. The van der Waals surface area contributed by atoms with Gasteiger partial charge in [-0.3, -0.25) is 0 Å². The molecule has 0 aliphatic rings. The number of anilines is 2. The van der Waals surface area contributed by atoms with Gasteiger partial charge >= 0.3 is 0 Å². The Hall–Kier alpha value is -1.76. The SMILES string of the molecule is Cc1cc(N(C)c2cc(C)c(C)c(C)c2C)cc(C)c1C. The third kappa shape index (κ3) is 2.70. The molecule has 0 aliphatic carbocycles. The third-order valence-electron chi connectivity index (χ3n) is 5.11. The molecular weight excluding hydrogens is 254 g/mol. The maximum absolute atomic E-state index is 2.31. The standard InChI is InChI=1S/C20H27N/c1-12-9-19(10-13(2)15(12)4)21(8)20-11-14(3)16(5)17(6)18(20)7/h9-11H,1-8H3. The molecule has 0 saturated carbocycles. The van der Waals surface area contributed by atoms with Gasteiger partial charge in [-0.2, -0.15) is 0 Å². The molecular formula is C20H27N. The van der Waals surface area contributed by atoms with Crippen molar-refractivity contribution in [1.82, 2.24) is 0 Å². The Morgan fingerprint density at radius 3 is 1.57 bits per heavy atom. The Morgan fingerprint density at radius 1 is 0.571 bits per heavy atom. The van der Waals surface area contributed by atoms with Crippen LogP contribution >= 0.6 is 0 Å². The molecule has 2 aromatic carbocycles. The van der Waals surface area contributed by atoms with Gasteiger partial charge in [-0.1, -0.05) is 0 Å². The maximum Gasteiger partial charge on any atom is 0.0443 e. The third-order valence-corrected chi connectivity index (χ3v) is 5.11. The zero-order valence-corrected chi connectivity index (χ0v) is 14.7. The van der Waals surface area contributed by atoms with Crippen LogP contribution in [0.5, 0.6) is 0 Å². The summed E-state index contributed by atoms with van der Waals surface area (Å²) >= 11 is 0. The van der Waals surface area contributed by atoms with Crippen LogP contribution in [0.25, 0.3) is 0 Å². The summed E-state index contributed by atoms with van der Waals surface area (Å²) in [4.78, 5) is 2.31. The minimum Gasteiger partial charge on any atom is -0.344 e. The predicted molar refractivity (Wildman–Crippen MR) is 94.1 cm³/mol. The molecule has 2 rings (SSSR count). The van der Waals surface area contributed by atoms with Gasteiger partial charge in [0.15, 0.2) is 0 Å². The van der Waals surface area contributed by atoms with Gasteiger partial charge in [-0.25, -0.2) is 0 Å². The summed E-state index contributed by atoms with van der Waals surface area (Å²) in [6.07, 6.45) is 0. The molecule has 0 radical (unpaired) electrons. The molecule has 21 heavy (non-hydrogen) atoms. The molecule has 1 heteroatoms. The number of nitrogens with zero attached hydrogens (tertiary/aromatic N) is 1. The molecule has 0 N–H and O–H groups in total. The Balaban J connectivity index is 2.58. The van der Waals surface area contributed by atoms with Gasteiger partial charge in [0.2, 0.25) is 0 Å². The fourth-order valence-electron chi connectivity index (χ4n) is 2.88. The number of hydrogen-bond acceptors (Lipinski definition) is 1. The van der Waals surface area contributed by atoms with E-state index in [9.17, 15) is 0 Å². The van der Waals surface area contributed by atoms with Crippen molar-refractivity contribution < 1.29 is 0 Å². The lowest BCUT2D eigenvalue weighted by Crippen LogP contribution is -2.13. The summed E-state index contributed by atoms with van der Waals surface area (Å²) in [5, 5.41) is 0. The first-order chi connectivity index (χ1) is 9.73. The van der Waals surface area contributed by atoms with Gasteiger partial charge in [0.25, 0.3) is 0 Å². The van der Waals surface area contributed by atoms with E-state index in [-0.39, 0.29) is 0 Å². The fourth-order valence-corrected chi connectivity index (χ4v) is 2.88. The molecule has 0 fully saturated rings. The van der Waals surface area contributed by atoms with Gasteiger partial charge in [-0.05, 0) is 106 Å². The molecule has 0 aliphatic heterocycles. The first-order valence-electron chi connectivity index (χ1n) is 7.63. The summed E-state index contributed by atoms with van der Waals surface area (Å²) in [6, 6.07) is 6.88. The number of hydrogen-bond donors (Lipinski definition) is 0. The van der Waals surface area contributed by atoms with Crippen molar-refractivity contribution in [2.45, 2.75) is 48.5 Å². The highest BCUT2D eigenvalue weighted by atomic mass is 15.1. The molecule has 0 saturated heterocycles. The molecule has 0 aromatic heterocycles. The molecule has 0 amide bonds. The number of aryl methyl sites for hydroxylation is 3. The molecule has 2 aromatic rings. The Bertz CT molecular complexity index is 672. The average molecular weight is 281 g/mol. The highest BCUT2D eigenvalue weighted by Gasteiger charge is 2.13. The van der Waals surface area contributed by atoms with Gasteiger partial charge in [-0.15, -0.1) is 0 Å². The van der Waals surface area contributed by atoms with E-state index in [1.165, 1.54) is 50.3 Å². The molecule has 0 heterocycles. The van der Waals surface area contributed by atoms with E-state index in [4.69, 9.17) is 0 Å². The smallest absolute Gasteiger partial charge is 0.0443 e. The monoisotopic (exact) mass is 281 g/mol. The zero-order chi connectivity index (χ0) is 15.9. The van der Waals surface area contributed by atoms with Crippen LogP contribution < -0.4 is 4.90 Å². The lowest BCUT2D eigenvalue weighted by Gasteiger charge is -2.26. The van der Waals surface area contributed by atoms with Crippen LogP contribution in [0, 0.1) is 48.5 Å². The van der Waals surface area contributed by atoms with Gasteiger partial charge in [0, 0.05) is 18.4 Å². The van der Waals surface area contributed by atoms with Crippen molar-refractivity contribution in [2.75, 3.05) is 11.9 Å². The zero-order valence-electron chi connectivity index (χ0n) is 14.7. The Morgan fingerprint density at radius 2 is 1.05 bits per heavy atom. The average Bonchev–Trinajstić information content (AvgIpc) is 2.45. The van der Waals surface area contributed by atoms with E-state index in [1.54, 1.807) is 0 Å². The normalized spacial score (nSPS) is 10.9. The van der Waals surface area contributed by atoms with Crippen LogP contribution in [-0.4, -0.2) is 7.05 Å². The van der Waals surface area contributed by atoms with Crippen molar-refractivity contribution >= 4 is 11.4 Å². The minimum atomic E-state index is 1.27. The van der Waals surface area contributed by atoms with Crippen molar-refractivity contribution in [3.05, 3.63) is 57.1 Å².